The molecule has 2 rings (SSSR count). The zero-order valence-corrected chi connectivity index (χ0v) is 9.20. The Hall–Kier alpha value is -1.95. The fourth-order valence-electron chi connectivity index (χ4n) is 1.16. The number of nitrogen functional groups attached to an aromatic ring is 1. The molecule has 5 nitrogen and oxygen atoms in total. The van der Waals surface area contributed by atoms with Crippen molar-refractivity contribution in [2.24, 2.45) is 0 Å². The number of hydrogen-bond acceptors (Lipinski definition) is 5. The maximum Gasteiger partial charge on any atom is 0.270 e. The molecule has 0 saturated carbocycles. The lowest BCUT2D eigenvalue weighted by molar-refractivity contribution is 0.0946. The smallest absolute Gasteiger partial charge is 0.270 e. The van der Waals surface area contributed by atoms with Crippen LogP contribution in [0.3, 0.4) is 0 Å². The summed E-state index contributed by atoms with van der Waals surface area (Å²) in [7, 11) is 0. The molecule has 0 bridgehead atoms. The molecule has 0 unspecified atom stereocenters. The first-order valence-corrected chi connectivity index (χ1v) is 5.51. The number of hydrogen-bond donors (Lipinski definition) is 2. The van der Waals surface area contributed by atoms with Gasteiger partial charge in [0.05, 0.1) is 12.1 Å². The van der Waals surface area contributed by atoms with Crippen LogP contribution in [0.2, 0.25) is 0 Å². The minimum atomic E-state index is -0.235. The molecule has 0 saturated heterocycles. The molecule has 0 aliphatic heterocycles. The largest absolute Gasteiger partial charge is 0.399 e. The number of pyridine rings is 1. The van der Waals surface area contributed by atoms with Crippen LogP contribution >= 0.6 is 11.3 Å². The van der Waals surface area contributed by atoms with Crippen molar-refractivity contribution in [3.05, 3.63) is 40.6 Å². The number of aromatic nitrogens is 2. The third-order valence-corrected chi connectivity index (χ3v) is 2.70. The number of carbonyl (C=O) groups is 1. The van der Waals surface area contributed by atoms with Gasteiger partial charge in [0.2, 0.25) is 0 Å². The predicted molar refractivity (Wildman–Crippen MR) is 61.9 cm³/mol. The molecule has 2 aromatic heterocycles. The Labute approximate surface area is 96.3 Å². The molecule has 0 aromatic carbocycles. The van der Waals surface area contributed by atoms with Gasteiger partial charge < -0.3 is 11.1 Å². The van der Waals surface area contributed by atoms with E-state index in [-0.39, 0.29) is 5.91 Å². The van der Waals surface area contributed by atoms with Gasteiger partial charge in [-0.25, -0.2) is 0 Å². The van der Waals surface area contributed by atoms with E-state index in [2.05, 4.69) is 15.3 Å². The monoisotopic (exact) mass is 234 g/mol. The molecule has 0 radical (unpaired) electrons. The van der Waals surface area contributed by atoms with E-state index in [9.17, 15) is 4.79 Å². The van der Waals surface area contributed by atoms with Gasteiger partial charge in [0, 0.05) is 23.0 Å². The summed E-state index contributed by atoms with van der Waals surface area (Å²) in [6.45, 7) is 0.458. The number of carbonyl (C=O) groups excluding carboxylic acids is 1. The maximum atomic E-state index is 11.6. The van der Waals surface area contributed by atoms with Crippen LogP contribution < -0.4 is 11.1 Å². The molecule has 0 atom stereocenters. The van der Waals surface area contributed by atoms with Gasteiger partial charge in [-0.1, -0.05) is 0 Å². The fourth-order valence-corrected chi connectivity index (χ4v) is 1.69. The van der Waals surface area contributed by atoms with Gasteiger partial charge in [-0.15, -0.1) is 11.3 Å². The number of rotatable bonds is 3. The van der Waals surface area contributed by atoms with Crippen LogP contribution in [0.1, 0.15) is 15.4 Å². The maximum absolute atomic E-state index is 11.6. The third kappa shape index (κ3) is 2.54. The van der Waals surface area contributed by atoms with Crippen LogP contribution in [0.25, 0.3) is 0 Å². The zero-order chi connectivity index (χ0) is 11.4. The standard InChI is InChI=1S/C10H10N4OS/c11-7-1-2-13-9(3-7)10(15)14-5-8-4-12-6-16-8/h1-4,6H,5H2,(H2,11,13)(H,14,15). The third-order valence-electron chi connectivity index (χ3n) is 1.92. The van der Waals surface area contributed by atoms with Crippen LogP contribution in [-0.4, -0.2) is 15.9 Å². The normalized spacial score (nSPS) is 10.0. The summed E-state index contributed by atoms with van der Waals surface area (Å²) in [5, 5.41) is 2.74. The lowest BCUT2D eigenvalue weighted by Crippen LogP contribution is -2.23. The van der Waals surface area contributed by atoms with Crippen molar-refractivity contribution in [1.82, 2.24) is 15.3 Å². The first-order valence-electron chi connectivity index (χ1n) is 4.63. The van der Waals surface area contributed by atoms with E-state index in [0.29, 0.717) is 17.9 Å². The summed E-state index contributed by atoms with van der Waals surface area (Å²) >= 11 is 1.49. The van der Waals surface area contributed by atoms with Crippen LogP contribution in [0.4, 0.5) is 5.69 Å². The molecule has 0 aliphatic rings. The summed E-state index contributed by atoms with van der Waals surface area (Å²) < 4.78 is 0. The van der Waals surface area contributed by atoms with Crippen molar-refractivity contribution < 1.29 is 4.79 Å². The Balaban J connectivity index is 1.98. The average Bonchev–Trinajstić information content (AvgIpc) is 2.78. The van der Waals surface area contributed by atoms with Crippen molar-refractivity contribution in [2.45, 2.75) is 6.54 Å². The Morgan fingerprint density at radius 2 is 2.44 bits per heavy atom. The molecule has 16 heavy (non-hydrogen) atoms. The highest BCUT2D eigenvalue weighted by molar-refractivity contribution is 7.09. The Morgan fingerprint density at radius 1 is 1.56 bits per heavy atom. The molecular weight excluding hydrogens is 224 g/mol. The van der Waals surface area contributed by atoms with Gasteiger partial charge >= 0.3 is 0 Å². The lowest BCUT2D eigenvalue weighted by atomic mass is 10.3. The summed E-state index contributed by atoms with van der Waals surface area (Å²) in [6.07, 6.45) is 3.23. The van der Waals surface area contributed by atoms with E-state index in [1.807, 2.05) is 0 Å². The Kier molecular flexibility index (Phi) is 3.11. The van der Waals surface area contributed by atoms with Gasteiger partial charge in [0.1, 0.15) is 5.69 Å². The minimum Gasteiger partial charge on any atom is -0.399 e. The summed E-state index contributed by atoms with van der Waals surface area (Å²) in [6, 6.07) is 3.18. The van der Waals surface area contributed by atoms with Crippen LogP contribution in [0.5, 0.6) is 0 Å². The van der Waals surface area contributed by atoms with Crippen molar-refractivity contribution in [3.8, 4) is 0 Å². The summed E-state index contributed by atoms with van der Waals surface area (Å²) in [5.74, 6) is -0.235. The molecule has 1 amide bonds. The van der Waals surface area contributed by atoms with E-state index in [0.717, 1.165) is 4.88 Å². The van der Waals surface area contributed by atoms with Crippen LogP contribution in [0.15, 0.2) is 30.0 Å². The Bertz CT molecular complexity index is 483. The molecule has 0 aliphatic carbocycles. The van der Waals surface area contributed by atoms with Gasteiger partial charge in [-0.2, -0.15) is 0 Å². The average molecular weight is 234 g/mol. The first-order chi connectivity index (χ1) is 7.75. The van der Waals surface area contributed by atoms with Gasteiger partial charge in [0.15, 0.2) is 0 Å². The summed E-state index contributed by atoms with van der Waals surface area (Å²) in [5.41, 5.74) is 8.13. The number of thiazole rings is 1. The molecular formula is C10H10N4OS. The number of nitrogens with zero attached hydrogens (tertiary/aromatic N) is 2. The highest BCUT2D eigenvalue weighted by Gasteiger charge is 2.07. The highest BCUT2D eigenvalue weighted by atomic mass is 32.1. The first kappa shape index (κ1) is 10.6. The quantitative estimate of drug-likeness (QED) is 0.831. The second-order valence-corrected chi connectivity index (χ2v) is 4.10. The van der Waals surface area contributed by atoms with E-state index in [1.54, 1.807) is 23.8 Å². The minimum absolute atomic E-state index is 0.235. The predicted octanol–water partition coefficient (Wildman–Crippen LogP) is 1.05. The lowest BCUT2D eigenvalue weighted by Gasteiger charge is -2.02. The number of anilines is 1. The number of nitrogens with one attached hydrogen (secondary N) is 1. The van der Waals surface area contributed by atoms with E-state index in [1.165, 1.54) is 17.5 Å². The zero-order valence-electron chi connectivity index (χ0n) is 8.38. The van der Waals surface area contributed by atoms with Gasteiger partial charge in [0.25, 0.3) is 5.91 Å². The highest BCUT2D eigenvalue weighted by Crippen LogP contribution is 2.06. The Morgan fingerprint density at radius 3 is 3.12 bits per heavy atom. The molecule has 82 valence electrons. The molecule has 3 N–H and O–H groups in total. The number of amides is 1. The fraction of sp³-hybridized carbons (Fsp3) is 0.100. The van der Waals surface area contributed by atoms with Crippen LogP contribution in [0, 0.1) is 0 Å². The van der Waals surface area contributed by atoms with Gasteiger partial charge in [-0.3, -0.25) is 14.8 Å². The van der Waals surface area contributed by atoms with Crippen molar-refractivity contribution in [3.63, 3.8) is 0 Å². The molecule has 0 spiro atoms. The molecule has 0 fully saturated rings. The van der Waals surface area contributed by atoms with E-state index < -0.39 is 0 Å². The van der Waals surface area contributed by atoms with E-state index >= 15 is 0 Å². The molecule has 2 heterocycles. The SMILES string of the molecule is Nc1ccnc(C(=O)NCc2cncs2)c1. The second kappa shape index (κ2) is 4.71. The second-order valence-electron chi connectivity index (χ2n) is 3.12. The molecule has 2 aromatic rings. The molecule has 6 heteroatoms. The van der Waals surface area contributed by atoms with Crippen molar-refractivity contribution in [2.75, 3.05) is 5.73 Å². The topological polar surface area (TPSA) is 80.9 Å². The van der Waals surface area contributed by atoms with Gasteiger partial charge in [-0.05, 0) is 12.1 Å². The van der Waals surface area contributed by atoms with Crippen molar-refractivity contribution >= 4 is 22.9 Å². The number of nitrogens with two attached hydrogens (primary N) is 1. The van der Waals surface area contributed by atoms with Crippen LogP contribution in [-0.2, 0) is 6.54 Å². The van der Waals surface area contributed by atoms with E-state index in [4.69, 9.17) is 5.73 Å². The van der Waals surface area contributed by atoms with Crippen molar-refractivity contribution in [1.29, 1.82) is 0 Å². The summed E-state index contributed by atoms with van der Waals surface area (Å²) in [4.78, 5) is 20.5.